The highest BCUT2D eigenvalue weighted by Crippen LogP contribution is 2.32. The van der Waals surface area contributed by atoms with Gasteiger partial charge in [0, 0.05) is 5.56 Å². The van der Waals surface area contributed by atoms with Gasteiger partial charge < -0.3 is 10.4 Å². The molecule has 2 aromatic carbocycles. The largest absolute Gasteiger partial charge is 0.478 e. The number of fused-ring (bicyclic) bond motifs is 1. The van der Waals surface area contributed by atoms with Crippen LogP contribution >= 0.6 is 11.6 Å². The number of nitrogens with zero attached hydrogens (tertiary/aromatic N) is 1. The van der Waals surface area contributed by atoms with Gasteiger partial charge in [0.2, 0.25) is 0 Å². The van der Waals surface area contributed by atoms with Crippen molar-refractivity contribution in [2.24, 2.45) is 4.99 Å². The molecule has 104 valence electrons. The number of para-hydroxylation sites is 1. The second-order valence-corrected chi connectivity index (χ2v) is 4.84. The molecule has 0 saturated carbocycles. The van der Waals surface area contributed by atoms with Crippen LogP contribution < -0.4 is 5.32 Å². The van der Waals surface area contributed by atoms with Crippen LogP contribution in [0.2, 0.25) is 5.02 Å². The molecule has 6 heteroatoms. The lowest BCUT2D eigenvalue weighted by atomic mass is 10.1. The Balaban J connectivity index is 2.03. The Hall–Kier alpha value is -2.66. The minimum absolute atomic E-state index is 0.165. The summed E-state index contributed by atoms with van der Waals surface area (Å²) in [6, 6.07) is 11.2. The van der Waals surface area contributed by atoms with Crippen molar-refractivity contribution in [1.29, 1.82) is 0 Å². The second kappa shape index (κ2) is 5.03. The van der Waals surface area contributed by atoms with E-state index in [-0.39, 0.29) is 17.2 Å². The normalized spacial score (nSPS) is 14.9. The lowest BCUT2D eigenvalue weighted by molar-refractivity contribution is -0.110. The molecule has 0 aromatic heterocycles. The second-order valence-electron chi connectivity index (χ2n) is 4.43. The number of hydrogen-bond acceptors (Lipinski definition) is 3. The van der Waals surface area contributed by atoms with E-state index in [4.69, 9.17) is 16.7 Å². The third-order valence-electron chi connectivity index (χ3n) is 3.08. The maximum Gasteiger partial charge on any atom is 0.335 e. The summed E-state index contributed by atoms with van der Waals surface area (Å²) in [6.07, 6.45) is 0. The molecule has 1 aliphatic rings. The van der Waals surface area contributed by atoms with Crippen molar-refractivity contribution in [3.05, 3.63) is 58.6 Å². The summed E-state index contributed by atoms with van der Waals surface area (Å²) < 4.78 is 0. The quantitative estimate of drug-likeness (QED) is 0.894. The van der Waals surface area contributed by atoms with Crippen molar-refractivity contribution >= 4 is 40.6 Å². The summed E-state index contributed by atoms with van der Waals surface area (Å²) in [5.41, 5.74) is 2.10. The molecular formula is C15H9ClN2O3. The number of benzene rings is 2. The smallest absolute Gasteiger partial charge is 0.335 e. The maximum atomic E-state index is 12.0. The van der Waals surface area contributed by atoms with Crippen molar-refractivity contribution in [2.45, 2.75) is 0 Å². The van der Waals surface area contributed by atoms with E-state index in [1.807, 2.05) is 0 Å². The lowest BCUT2D eigenvalue weighted by Crippen LogP contribution is -2.13. The number of aliphatic imine (C=N–C) groups is 1. The van der Waals surface area contributed by atoms with Gasteiger partial charge in [-0.3, -0.25) is 4.79 Å². The average molecular weight is 301 g/mol. The number of amides is 1. The Bertz CT molecular complexity index is 782. The first-order valence-electron chi connectivity index (χ1n) is 6.08. The first kappa shape index (κ1) is 13.3. The van der Waals surface area contributed by atoms with Crippen LogP contribution in [0.1, 0.15) is 15.9 Å². The molecule has 21 heavy (non-hydrogen) atoms. The van der Waals surface area contributed by atoms with Crippen molar-refractivity contribution in [2.75, 3.05) is 5.32 Å². The molecule has 0 fully saturated rings. The molecular weight excluding hydrogens is 292 g/mol. The number of carboxylic acid groups (broad SMARTS) is 1. The molecule has 0 spiro atoms. The maximum absolute atomic E-state index is 12.0. The summed E-state index contributed by atoms with van der Waals surface area (Å²) >= 11 is 6.02. The van der Waals surface area contributed by atoms with Crippen LogP contribution in [0, 0.1) is 0 Å². The van der Waals surface area contributed by atoms with E-state index < -0.39 is 5.97 Å². The highest BCUT2D eigenvalue weighted by molar-refractivity contribution is 6.55. The topological polar surface area (TPSA) is 78.8 Å². The molecule has 0 unspecified atom stereocenters. The molecule has 2 N–H and O–H groups in total. The highest BCUT2D eigenvalue weighted by Gasteiger charge is 2.27. The Morgan fingerprint density at radius 1 is 1.14 bits per heavy atom. The number of carbonyl (C=O) groups excluding carboxylic acids is 1. The molecule has 2 aromatic rings. The zero-order chi connectivity index (χ0) is 15.0. The molecule has 0 aliphatic carbocycles. The summed E-state index contributed by atoms with van der Waals surface area (Å²) in [5, 5.41) is 12.0. The van der Waals surface area contributed by atoms with Crippen molar-refractivity contribution in [1.82, 2.24) is 0 Å². The van der Waals surface area contributed by atoms with E-state index in [0.717, 1.165) is 0 Å². The van der Waals surface area contributed by atoms with Gasteiger partial charge in [0.15, 0.2) is 0 Å². The van der Waals surface area contributed by atoms with E-state index >= 15 is 0 Å². The number of nitrogens with one attached hydrogen (secondary N) is 1. The number of carbonyl (C=O) groups is 2. The minimum Gasteiger partial charge on any atom is -0.478 e. The van der Waals surface area contributed by atoms with Gasteiger partial charge in [0.05, 0.1) is 22.0 Å². The van der Waals surface area contributed by atoms with Crippen LogP contribution in [-0.2, 0) is 4.79 Å². The third kappa shape index (κ3) is 2.39. The van der Waals surface area contributed by atoms with E-state index in [0.29, 0.717) is 22.0 Å². The zero-order valence-corrected chi connectivity index (χ0v) is 11.4. The van der Waals surface area contributed by atoms with Gasteiger partial charge in [0.1, 0.15) is 5.71 Å². The van der Waals surface area contributed by atoms with Crippen LogP contribution in [-0.4, -0.2) is 22.7 Å². The predicted octanol–water partition coefficient (Wildman–Crippen LogP) is 3.11. The lowest BCUT2D eigenvalue weighted by Gasteiger charge is -2.00. The monoisotopic (exact) mass is 300 g/mol. The fourth-order valence-corrected chi connectivity index (χ4v) is 2.28. The first-order chi connectivity index (χ1) is 10.1. The molecule has 5 nitrogen and oxygen atoms in total. The number of anilines is 1. The summed E-state index contributed by atoms with van der Waals surface area (Å²) in [7, 11) is 0. The van der Waals surface area contributed by atoms with Crippen LogP contribution in [0.5, 0.6) is 0 Å². The molecule has 3 rings (SSSR count). The number of carboxylic acids is 1. The number of hydrogen-bond donors (Lipinski definition) is 2. The summed E-state index contributed by atoms with van der Waals surface area (Å²) in [4.78, 5) is 27.0. The molecule has 1 heterocycles. The van der Waals surface area contributed by atoms with Crippen molar-refractivity contribution < 1.29 is 14.7 Å². The standard InChI is InChI=1S/C15H9ClN2O3/c16-11-3-1-2-10-12(11)18-14(19)13(10)17-9-6-4-8(5-7-9)15(20)21/h1-7H,(H,20,21)(H,17,18,19). The van der Waals surface area contributed by atoms with Crippen LogP contribution in [0.3, 0.4) is 0 Å². The summed E-state index contributed by atoms with van der Waals surface area (Å²) in [6.45, 7) is 0. The van der Waals surface area contributed by atoms with Crippen LogP contribution in [0.15, 0.2) is 47.5 Å². The molecule has 0 atom stereocenters. The Labute approximate surface area is 124 Å². The predicted molar refractivity (Wildman–Crippen MR) is 79.7 cm³/mol. The van der Waals surface area contributed by atoms with E-state index in [1.54, 1.807) is 30.3 Å². The highest BCUT2D eigenvalue weighted by atomic mass is 35.5. The zero-order valence-electron chi connectivity index (χ0n) is 10.6. The van der Waals surface area contributed by atoms with E-state index in [1.165, 1.54) is 12.1 Å². The van der Waals surface area contributed by atoms with Gasteiger partial charge in [0.25, 0.3) is 5.91 Å². The SMILES string of the molecule is O=C1Nc2c(Cl)cccc2C1=Nc1ccc(C(=O)O)cc1. The Morgan fingerprint density at radius 2 is 1.86 bits per heavy atom. The number of aromatic carboxylic acids is 1. The summed E-state index contributed by atoms with van der Waals surface area (Å²) in [5.74, 6) is -1.34. The van der Waals surface area contributed by atoms with Gasteiger partial charge in [-0.15, -0.1) is 0 Å². The fraction of sp³-hybridized carbons (Fsp3) is 0. The van der Waals surface area contributed by atoms with E-state index in [9.17, 15) is 9.59 Å². The number of rotatable bonds is 2. The van der Waals surface area contributed by atoms with Gasteiger partial charge in [-0.1, -0.05) is 23.7 Å². The van der Waals surface area contributed by atoms with E-state index in [2.05, 4.69) is 10.3 Å². The minimum atomic E-state index is -1.01. The molecule has 0 bridgehead atoms. The Morgan fingerprint density at radius 3 is 2.52 bits per heavy atom. The van der Waals surface area contributed by atoms with Crippen LogP contribution in [0.4, 0.5) is 11.4 Å². The molecule has 0 radical (unpaired) electrons. The van der Waals surface area contributed by atoms with Crippen molar-refractivity contribution in [3.63, 3.8) is 0 Å². The van der Waals surface area contributed by atoms with Crippen LogP contribution in [0.25, 0.3) is 0 Å². The number of halogens is 1. The van der Waals surface area contributed by atoms with Gasteiger partial charge in [-0.25, -0.2) is 9.79 Å². The average Bonchev–Trinajstić information content (AvgIpc) is 2.78. The molecule has 1 amide bonds. The molecule has 1 aliphatic heterocycles. The van der Waals surface area contributed by atoms with Gasteiger partial charge in [-0.05, 0) is 30.3 Å². The first-order valence-corrected chi connectivity index (χ1v) is 6.46. The van der Waals surface area contributed by atoms with Crippen molar-refractivity contribution in [3.8, 4) is 0 Å². The molecule has 0 saturated heterocycles. The van der Waals surface area contributed by atoms with Gasteiger partial charge in [-0.2, -0.15) is 0 Å². The Kier molecular flexibility index (Phi) is 3.19. The van der Waals surface area contributed by atoms with Gasteiger partial charge >= 0.3 is 5.97 Å². The third-order valence-corrected chi connectivity index (χ3v) is 3.39. The fourth-order valence-electron chi connectivity index (χ4n) is 2.06.